The first-order valence-corrected chi connectivity index (χ1v) is 4.01. The Labute approximate surface area is 65.0 Å². The molecule has 0 fully saturated rings. The molecule has 0 saturated carbocycles. The van der Waals surface area contributed by atoms with Gasteiger partial charge in [-0.05, 0) is 13.3 Å². The molecule has 0 aromatic carbocycles. The van der Waals surface area contributed by atoms with E-state index in [1.54, 1.807) is 0 Å². The predicted octanol–water partition coefficient (Wildman–Crippen LogP) is 2.64. The minimum atomic E-state index is 0.300. The van der Waals surface area contributed by atoms with E-state index in [9.17, 15) is 0 Å². The molecule has 2 heteroatoms. The molecule has 0 spiro atoms. The molecule has 0 rings (SSSR count). The molecular formula is C7H13PS. The molecule has 0 aliphatic heterocycles. The zero-order valence-corrected chi connectivity index (χ0v) is 7.72. The molecule has 0 saturated heterocycles. The minimum absolute atomic E-state index is 0.300. The van der Waals surface area contributed by atoms with Crippen LogP contribution >= 0.6 is 21.9 Å². The molecule has 0 aromatic heterocycles. The third-order valence-electron chi connectivity index (χ3n) is 1.09. The fourth-order valence-electron chi connectivity index (χ4n) is 0.443. The maximum absolute atomic E-state index is 4.25. The van der Waals surface area contributed by atoms with Crippen LogP contribution in [0.3, 0.4) is 0 Å². The Kier molecular flexibility index (Phi) is 5.22. The summed E-state index contributed by atoms with van der Waals surface area (Å²) in [6.45, 7) is 5.65. The number of allylic oxidation sites excluding steroid dienone is 2. The monoisotopic (exact) mass is 160 g/mol. The predicted molar refractivity (Wildman–Crippen MR) is 51.1 cm³/mol. The van der Waals surface area contributed by atoms with E-state index in [4.69, 9.17) is 0 Å². The molecule has 0 aromatic rings. The summed E-state index contributed by atoms with van der Waals surface area (Å²) in [6.07, 6.45) is 4.89. The third kappa shape index (κ3) is 4.74. The SMILES string of the molecule is C=CC(S)C/C(P)=C\C. The van der Waals surface area contributed by atoms with Crippen molar-refractivity contribution in [2.45, 2.75) is 18.6 Å². The molecule has 52 valence electrons. The van der Waals surface area contributed by atoms with Crippen LogP contribution in [-0.4, -0.2) is 5.25 Å². The van der Waals surface area contributed by atoms with E-state index in [1.165, 1.54) is 5.31 Å². The van der Waals surface area contributed by atoms with Crippen molar-refractivity contribution in [1.82, 2.24) is 0 Å². The Morgan fingerprint density at radius 1 is 1.89 bits per heavy atom. The second-order valence-electron chi connectivity index (χ2n) is 1.87. The van der Waals surface area contributed by atoms with Gasteiger partial charge < -0.3 is 0 Å². The van der Waals surface area contributed by atoms with Crippen LogP contribution in [-0.2, 0) is 0 Å². The highest BCUT2D eigenvalue weighted by Crippen LogP contribution is 2.16. The van der Waals surface area contributed by atoms with Crippen LogP contribution in [0.4, 0.5) is 0 Å². The van der Waals surface area contributed by atoms with Crippen molar-refractivity contribution in [2.24, 2.45) is 0 Å². The van der Waals surface area contributed by atoms with Crippen molar-refractivity contribution < 1.29 is 0 Å². The first-order chi connectivity index (χ1) is 4.20. The molecule has 0 N–H and O–H groups in total. The Hall–Kier alpha value is 0.260. The second-order valence-corrected chi connectivity index (χ2v) is 3.28. The number of hydrogen-bond acceptors (Lipinski definition) is 1. The maximum atomic E-state index is 4.25. The van der Waals surface area contributed by atoms with Gasteiger partial charge in [0.1, 0.15) is 0 Å². The first kappa shape index (κ1) is 9.26. The molecule has 0 heterocycles. The van der Waals surface area contributed by atoms with Crippen LogP contribution < -0.4 is 0 Å². The Bertz CT molecular complexity index is 118. The molecule has 0 aliphatic rings. The molecule has 0 nitrogen and oxygen atoms in total. The van der Waals surface area contributed by atoms with E-state index in [-0.39, 0.29) is 0 Å². The van der Waals surface area contributed by atoms with Crippen molar-refractivity contribution >= 4 is 21.9 Å². The lowest BCUT2D eigenvalue weighted by atomic mass is 10.3. The van der Waals surface area contributed by atoms with Gasteiger partial charge in [0.15, 0.2) is 0 Å². The minimum Gasteiger partial charge on any atom is -0.171 e. The van der Waals surface area contributed by atoms with Gasteiger partial charge in [0.25, 0.3) is 0 Å². The zero-order chi connectivity index (χ0) is 7.28. The molecule has 0 amide bonds. The van der Waals surface area contributed by atoms with Crippen LogP contribution in [0.5, 0.6) is 0 Å². The topological polar surface area (TPSA) is 0 Å². The van der Waals surface area contributed by atoms with Crippen LogP contribution in [0, 0.1) is 0 Å². The third-order valence-corrected chi connectivity index (χ3v) is 2.05. The van der Waals surface area contributed by atoms with Crippen LogP contribution in [0.1, 0.15) is 13.3 Å². The highest BCUT2D eigenvalue weighted by atomic mass is 32.1. The van der Waals surface area contributed by atoms with Gasteiger partial charge in [-0.1, -0.05) is 17.5 Å². The van der Waals surface area contributed by atoms with E-state index in [0.29, 0.717) is 5.25 Å². The van der Waals surface area contributed by atoms with Crippen molar-refractivity contribution in [3.63, 3.8) is 0 Å². The quantitative estimate of drug-likeness (QED) is 0.366. The van der Waals surface area contributed by atoms with E-state index >= 15 is 0 Å². The first-order valence-electron chi connectivity index (χ1n) is 2.92. The average molecular weight is 160 g/mol. The summed E-state index contributed by atoms with van der Waals surface area (Å²) in [4.78, 5) is 0. The molecular weight excluding hydrogens is 147 g/mol. The molecule has 2 atom stereocenters. The summed E-state index contributed by atoms with van der Waals surface area (Å²) in [5, 5.41) is 1.59. The summed E-state index contributed by atoms with van der Waals surface area (Å²) in [5.41, 5.74) is 0. The van der Waals surface area contributed by atoms with E-state index in [1.807, 2.05) is 13.0 Å². The van der Waals surface area contributed by atoms with Crippen molar-refractivity contribution in [3.05, 3.63) is 24.0 Å². The van der Waals surface area contributed by atoms with Gasteiger partial charge in [0.2, 0.25) is 0 Å². The molecule has 0 bridgehead atoms. The zero-order valence-electron chi connectivity index (χ0n) is 5.67. The van der Waals surface area contributed by atoms with Gasteiger partial charge in [0, 0.05) is 5.25 Å². The average Bonchev–Trinajstić information content (AvgIpc) is 1.87. The Balaban J connectivity index is 3.59. The van der Waals surface area contributed by atoms with Crippen LogP contribution in [0.15, 0.2) is 24.0 Å². The molecule has 0 radical (unpaired) electrons. The number of hydrogen-bond donors (Lipinski definition) is 1. The van der Waals surface area contributed by atoms with Gasteiger partial charge in [-0.25, -0.2) is 0 Å². The lowest BCUT2D eigenvalue weighted by Gasteiger charge is -2.02. The fourth-order valence-corrected chi connectivity index (χ4v) is 1.11. The van der Waals surface area contributed by atoms with Crippen molar-refractivity contribution in [2.75, 3.05) is 0 Å². The van der Waals surface area contributed by atoms with Gasteiger partial charge in [-0.3, -0.25) is 0 Å². The van der Waals surface area contributed by atoms with E-state index in [2.05, 4.69) is 34.5 Å². The maximum Gasteiger partial charge on any atom is 0.0234 e. The number of thiol groups is 1. The van der Waals surface area contributed by atoms with Gasteiger partial charge in [-0.15, -0.1) is 15.8 Å². The lowest BCUT2D eigenvalue weighted by molar-refractivity contribution is 1.07. The smallest absolute Gasteiger partial charge is 0.0234 e. The summed E-state index contributed by atoms with van der Waals surface area (Å²) in [5.74, 6) is 0. The normalized spacial score (nSPS) is 15.2. The number of rotatable bonds is 3. The summed E-state index contributed by atoms with van der Waals surface area (Å²) in [7, 11) is 2.67. The highest BCUT2D eigenvalue weighted by Gasteiger charge is 1.95. The van der Waals surface area contributed by atoms with Gasteiger partial charge in [0.05, 0.1) is 0 Å². The summed E-state index contributed by atoms with van der Waals surface area (Å²) < 4.78 is 0. The Morgan fingerprint density at radius 3 is 2.78 bits per heavy atom. The molecule has 9 heavy (non-hydrogen) atoms. The Morgan fingerprint density at radius 2 is 2.44 bits per heavy atom. The van der Waals surface area contributed by atoms with Gasteiger partial charge in [-0.2, -0.15) is 12.6 Å². The largest absolute Gasteiger partial charge is 0.171 e. The van der Waals surface area contributed by atoms with E-state index < -0.39 is 0 Å². The summed E-state index contributed by atoms with van der Waals surface area (Å²) >= 11 is 4.25. The van der Waals surface area contributed by atoms with Crippen LogP contribution in [0.25, 0.3) is 0 Å². The summed E-state index contributed by atoms with van der Waals surface area (Å²) in [6, 6.07) is 0. The van der Waals surface area contributed by atoms with Gasteiger partial charge >= 0.3 is 0 Å². The van der Waals surface area contributed by atoms with Crippen molar-refractivity contribution in [1.29, 1.82) is 0 Å². The second kappa shape index (κ2) is 5.08. The van der Waals surface area contributed by atoms with Crippen molar-refractivity contribution in [3.8, 4) is 0 Å². The lowest BCUT2D eigenvalue weighted by Crippen LogP contribution is -1.90. The highest BCUT2D eigenvalue weighted by molar-refractivity contribution is 7.81. The van der Waals surface area contributed by atoms with Crippen LogP contribution in [0.2, 0.25) is 0 Å². The molecule has 2 unspecified atom stereocenters. The van der Waals surface area contributed by atoms with E-state index in [0.717, 1.165) is 6.42 Å². The standard InChI is InChI=1S/C7H13PS/c1-3-6(8)5-7(9)4-2/h3-4,7,9H,2,5,8H2,1H3/b6-3+. The molecule has 0 aliphatic carbocycles. The fraction of sp³-hybridized carbons (Fsp3) is 0.429.